The Morgan fingerprint density at radius 3 is 1.22 bits per heavy atom. The minimum absolute atomic E-state index is 0.230. The first-order valence-electron chi connectivity index (χ1n) is 12.0. The first-order valence-corrected chi connectivity index (χ1v) is 12.8. The summed E-state index contributed by atoms with van der Waals surface area (Å²) in [5, 5.41) is -0.460. The van der Waals surface area contributed by atoms with E-state index in [9.17, 15) is 9.59 Å². The monoisotopic (exact) mass is 474 g/mol. The van der Waals surface area contributed by atoms with Crippen molar-refractivity contribution in [2.45, 2.75) is 88.9 Å². The highest BCUT2D eigenvalue weighted by atomic mass is 35.5. The van der Waals surface area contributed by atoms with Crippen LogP contribution in [0.5, 0.6) is 0 Å². The Bertz CT molecular complexity index is 709. The molecule has 0 aliphatic carbocycles. The Morgan fingerprint density at radius 2 is 0.875 bits per heavy atom. The molecule has 2 unspecified atom stereocenters. The van der Waals surface area contributed by atoms with Crippen LogP contribution in [0.15, 0.2) is 60.7 Å². The summed E-state index contributed by atoms with van der Waals surface area (Å²) >= 11 is 10.9. The summed E-state index contributed by atoms with van der Waals surface area (Å²) in [5.41, 5.74) is 2.81. The molecule has 174 valence electrons. The van der Waals surface area contributed by atoms with E-state index in [0.29, 0.717) is 24.7 Å². The van der Waals surface area contributed by atoms with Gasteiger partial charge in [-0.25, -0.2) is 0 Å². The maximum atomic E-state index is 11.0. The molecular formula is C28H36Cl2O2. The van der Waals surface area contributed by atoms with Crippen molar-refractivity contribution >= 4 is 33.7 Å². The lowest BCUT2D eigenvalue weighted by atomic mass is 9.76. The molecule has 0 heterocycles. The van der Waals surface area contributed by atoms with E-state index in [1.807, 2.05) is 0 Å². The van der Waals surface area contributed by atoms with Crippen molar-refractivity contribution in [3.8, 4) is 0 Å². The van der Waals surface area contributed by atoms with Gasteiger partial charge in [0.15, 0.2) is 0 Å². The van der Waals surface area contributed by atoms with Gasteiger partial charge in [0.1, 0.15) is 0 Å². The Kier molecular flexibility index (Phi) is 13.3. The number of carbonyl (C=O) groups excluding carboxylic acids is 2. The fraction of sp³-hybridized carbons (Fsp3) is 0.500. The molecule has 2 atom stereocenters. The number of carbonyl (C=O) groups is 2. The van der Waals surface area contributed by atoms with E-state index >= 15 is 0 Å². The van der Waals surface area contributed by atoms with Crippen LogP contribution in [0.1, 0.15) is 100 Å². The van der Waals surface area contributed by atoms with Gasteiger partial charge in [-0.05, 0) is 71.8 Å². The van der Waals surface area contributed by atoms with Crippen molar-refractivity contribution in [1.82, 2.24) is 0 Å². The number of hydrogen-bond acceptors (Lipinski definition) is 2. The predicted molar refractivity (Wildman–Crippen MR) is 135 cm³/mol. The van der Waals surface area contributed by atoms with Gasteiger partial charge in [0.25, 0.3) is 0 Å². The zero-order valence-electron chi connectivity index (χ0n) is 19.0. The van der Waals surface area contributed by atoms with Crippen LogP contribution in [0.4, 0.5) is 0 Å². The number of benzene rings is 2. The van der Waals surface area contributed by atoms with Gasteiger partial charge in [-0.15, -0.1) is 0 Å². The zero-order valence-corrected chi connectivity index (χ0v) is 20.5. The van der Waals surface area contributed by atoms with Gasteiger partial charge >= 0.3 is 0 Å². The van der Waals surface area contributed by atoms with Crippen molar-refractivity contribution in [3.05, 3.63) is 71.8 Å². The Hall–Kier alpha value is -1.64. The maximum absolute atomic E-state index is 11.0. The zero-order chi connectivity index (χ0) is 23.0. The third kappa shape index (κ3) is 10.8. The van der Waals surface area contributed by atoms with Crippen molar-refractivity contribution < 1.29 is 9.59 Å². The van der Waals surface area contributed by atoms with E-state index in [1.54, 1.807) is 0 Å². The highest BCUT2D eigenvalue weighted by Crippen LogP contribution is 2.40. The number of hydrogen-bond donors (Lipinski definition) is 0. The summed E-state index contributed by atoms with van der Waals surface area (Å²) in [6.45, 7) is 0. The molecule has 2 aromatic carbocycles. The lowest BCUT2D eigenvalue weighted by Crippen LogP contribution is -2.12. The average molecular weight is 476 g/mol. The van der Waals surface area contributed by atoms with Gasteiger partial charge in [-0.2, -0.15) is 0 Å². The fourth-order valence-electron chi connectivity index (χ4n) is 4.56. The van der Waals surface area contributed by atoms with Crippen LogP contribution in [0, 0.1) is 0 Å². The molecule has 2 nitrogen and oxygen atoms in total. The number of unbranched alkanes of at least 4 members (excludes halogenated alkanes) is 6. The summed E-state index contributed by atoms with van der Waals surface area (Å²) < 4.78 is 0. The van der Waals surface area contributed by atoms with Gasteiger partial charge in [0.05, 0.1) is 0 Å². The molecule has 2 rings (SSSR count). The standard InChI is InChI=1S/C28H36Cl2O2/c29-27(31)21-13-3-1-11-19-25(23-15-7-5-8-16-23)26(24-17-9-6-10-18-24)20-12-2-4-14-22-28(30)32/h5-10,15-18,25-26H,1-4,11-14,19-22H2. The third-order valence-electron chi connectivity index (χ3n) is 6.22. The van der Waals surface area contributed by atoms with Crippen LogP contribution in [-0.4, -0.2) is 10.5 Å². The van der Waals surface area contributed by atoms with Crippen LogP contribution in [0.2, 0.25) is 0 Å². The predicted octanol–water partition coefficient (Wildman–Crippen LogP) is 8.77. The number of halogens is 2. The smallest absolute Gasteiger partial charge is 0.221 e. The van der Waals surface area contributed by atoms with E-state index in [2.05, 4.69) is 60.7 Å². The lowest BCUT2D eigenvalue weighted by Gasteiger charge is -2.29. The van der Waals surface area contributed by atoms with E-state index in [1.165, 1.54) is 11.1 Å². The molecule has 0 radical (unpaired) electrons. The second-order valence-electron chi connectivity index (χ2n) is 8.65. The summed E-state index contributed by atoms with van der Waals surface area (Å²) in [6.07, 6.45) is 11.6. The van der Waals surface area contributed by atoms with Gasteiger partial charge in [0.2, 0.25) is 10.5 Å². The Balaban J connectivity index is 2.03. The Morgan fingerprint density at radius 1 is 0.531 bits per heavy atom. The second-order valence-corrected chi connectivity index (χ2v) is 9.49. The topological polar surface area (TPSA) is 34.1 Å². The van der Waals surface area contributed by atoms with Crippen molar-refractivity contribution in [1.29, 1.82) is 0 Å². The van der Waals surface area contributed by atoms with E-state index in [0.717, 1.165) is 64.2 Å². The molecule has 0 spiro atoms. The quantitative estimate of drug-likeness (QED) is 0.169. The fourth-order valence-corrected chi connectivity index (χ4v) is 4.83. The van der Waals surface area contributed by atoms with Crippen molar-refractivity contribution in [3.63, 3.8) is 0 Å². The molecule has 0 fully saturated rings. The largest absolute Gasteiger partial charge is 0.281 e. The van der Waals surface area contributed by atoms with E-state index in [-0.39, 0.29) is 10.5 Å². The molecule has 0 saturated heterocycles. The molecule has 0 saturated carbocycles. The maximum Gasteiger partial charge on any atom is 0.221 e. The van der Waals surface area contributed by atoms with Gasteiger partial charge in [-0.1, -0.05) is 99.2 Å². The minimum Gasteiger partial charge on any atom is -0.281 e. The molecule has 0 amide bonds. The first kappa shape index (κ1) is 26.6. The van der Waals surface area contributed by atoms with Gasteiger partial charge in [-0.3, -0.25) is 9.59 Å². The normalized spacial score (nSPS) is 12.9. The minimum atomic E-state index is -0.230. The molecule has 0 aliphatic heterocycles. The summed E-state index contributed by atoms with van der Waals surface area (Å²) in [7, 11) is 0. The molecule has 0 aliphatic rings. The SMILES string of the molecule is O=C(Cl)CCCCCCC(c1ccccc1)C(CCCCCCC(=O)Cl)c1ccccc1. The molecule has 2 aromatic rings. The third-order valence-corrected chi connectivity index (χ3v) is 6.60. The number of rotatable bonds is 17. The highest BCUT2D eigenvalue weighted by Gasteiger charge is 2.24. The van der Waals surface area contributed by atoms with Crippen molar-refractivity contribution in [2.24, 2.45) is 0 Å². The first-order chi connectivity index (χ1) is 15.6. The van der Waals surface area contributed by atoms with Crippen LogP contribution < -0.4 is 0 Å². The van der Waals surface area contributed by atoms with Crippen molar-refractivity contribution in [2.75, 3.05) is 0 Å². The average Bonchev–Trinajstić information content (AvgIpc) is 2.79. The molecule has 0 N–H and O–H groups in total. The Labute approximate surface area is 203 Å². The van der Waals surface area contributed by atoms with Crippen LogP contribution in [-0.2, 0) is 9.59 Å². The van der Waals surface area contributed by atoms with Gasteiger partial charge < -0.3 is 0 Å². The van der Waals surface area contributed by atoms with E-state index < -0.39 is 0 Å². The van der Waals surface area contributed by atoms with Crippen LogP contribution in [0.3, 0.4) is 0 Å². The highest BCUT2D eigenvalue weighted by molar-refractivity contribution is 6.63. The molecule has 0 aromatic heterocycles. The summed E-state index contributed by atoms with van der Waals surface area (Å²) in [4.78, 5) is 21.9. The molecule has 0 bridgehead atoms. The van der Waals surface area contributed by atoms with Crippen LogP contribution >= 0.6 is 23.2 Å². The summed E-state index contributed by atoms with van der Waals surface area (Å²) in [6, 6.07) is 21.8. The van der Waals surface area contributed by atoms with Crippen LogP contribution in [0.25, 0.3) is 0 Å². The molecular weight excluding hydrogens is 439 g/mol. The molecule has 4 heteroatoms. The molecule has 32 heavy (non-hydrogen) atoms. The van der Waals surface area contributed by atoms with Gasteiger partial charge in [0, 0.05) is 12.8 Å². The van der Waals surface area contributed by atoms with E-state index in [4.69, 9.17) is 23.2 Å². The second kappa shape index (κ2) is 16.0. The lowest BCUT2D eigenvalue weighted by molar-refractivity contribution is -0.112. The summed E-state index contributed by atoms with van der Waals surface area (Å²) in [5.74, 6) is 0.940.